The summed E-state index contributed by atoms with van der Waals surface area (Å²) in [6.45, 7) is 4.07. The van der Waals surface area contributed by atoms with Crippen LogP contribution in [0, 0.1) is 0 Å². The third kappa shape index (κ3) is 2.45. The molecular formula is C7H13N. The van der Waals surface area contributed by atoms with Gasteiger partial charge in [0.25, 0.3) is 0 Å². The smallest absolute Gasteiger partial charge is 0.00299 e. The second-order valence-corrected chi connectivity index (χ2v) is 1.60. The van der Waals surface area contributed by atoms with Gasteiger partial charge in [0.1, 0.15) is 0 Å². The van der Waals surface area contributed by atoms with Crippen molar-refractivity contribution >= 4 is 0 Å². The Morgan fingerprint density at radius 2 is 2.25 bits per heavy atom. The zero-order valence-corrected chi connectivity index (χ0v) is 5.52. The minimum absolute atomic E-state index is 1.01. The monoisotopic (exact) mass is 111 g/mol. The fraction of sp³-hybridized carbons (Fsp3) is 0.429. The molecule has 0 heterocycles. The Morgan fingerprint density at radius 3 is 2.38 bits per heavy atom. The minimum atomic E-state index is 1.01. The highest BCUT2D eigenvalue weighted by atomic mass is 14.5. The van der Waals surface area contributed by atoms with Gasteiger partial charge < -0.3 is 5.73 Å². The Bertz CT molecular complexity index is 98.2. The molecule has 0 aromatic heterocycles. The third-order valence-electron chi connectivity index (χ3n) is 1.00. The first kappa shape index (κ1) is 7.28. The van der Waals surface area contributed by atoms with Gasteiger partial charge in [0, 0.05) is 0 Å². The maximum atomic E-state index is 5.26. The summed E-state index contributed by atoms with van der Waals surface area (Å²) < 4.78 is 0. The Morgan fingerprint density at radius 1 is 1.62 bits per heavy atom. The van der Waals surface area contributed by atoms with E-state index in [4.69, 9.17) is 5.73 Å². The van der Waals surface area contributed by atoms with Gasteiger partial charge in [-0.3, -0.25) is 0 Å². The minimum Gasteiger partial charge on any atom is -0.404 e. The largest absolute Gasteiger partial charge is 0.404 e. The average Bonchev–Trinajstić information content (AvgIpc) is 1.83. The molecule has 0 amide bonds. The predicted molar refractivity (Wildman–Crippen MR) is 37.4 cm³/mol. The van der Waals surface area contributed by atoms with Gasteiger partial charge >= 0.3 is 0 Å². The van der Waals surface area contributed by atoms with Crippen LogP contribution in [0.4, 0.5) is 0 Å². The van der Waals surface area contributed by atoms with E-state index >= 15 is 0 Å². The summed E-state index contributed by atoms with van der Waals surface area (Å²) >= 11 is 0. The number of rotatable bonds is 2. The van der Waals surface area contributed by atoms with E-state index in [-0.39, 0.29) is 0 Å². The van der Waals surface area contributed by atoms with E-state index < -0.39 is 0 Å². The van der Waals surface area contributed by atoms with Crippen LogP contribution in [0.1, 0.15) is 20.3 Å². The SMILES string of the molecule is C/C=C\C(=C\N)CC. The number of hydrogen-bond donors (Lipinski definition) is 1. The molecule has 0 rings (SSSR count). The van der Waals surface area contributed by atoms with Crippen LogP contribution in [0.2, 0.25) is 0 Å². The maximum absolute atomic E-state index is 5.26. The summed E-state index contributed by atoms with van der Waals surface area (Å²) in [6.07, 6.45) is 6.66. The molecule has 0 aliphatic carbocycles. The van der Waals surface area contributed by atoms with E-state index in [1.165, 1.54) is 5.57 Å². The summed E-state index contributed by atoms with van der Waals surface area (Å²) in [5.41, 5.74) is 6.44. The van der Waals surface area contributed by atoms with Crippen LogP contribution in [0.25, 0.3) is 0 Å². The molecule has 0 radical (unpaired) electrons. The van der Waals surface area contributed by atoms with Crippen molar-refractivity contribution in [1.82, 2.24) is 0 Å². The molecule has 0 aliphatic rings. The molecule has 0 unspecified atom stereocenters. The van der Waals surface area contributed by atoms with Crippen molar-refractivity contribution in [2.45, 2.75) is 20.3 Å². The molecule has 46 valence electrons. The molecule has 0 bridgehead atoms. The first-order valence-corrected chi connectivity index (χ1v) is 2.88. The molecule has 1 nitrogen and oxygen atoms in total. The molecule has 0 saturated carbocycles. The van der Waals surface area contributed by atoms with E-state index in [1.54, 1.807) is 6.20 Å². The Labute approximate surface area is 50.9 Å². The molecule has 0 aliphatic heterocycles. The zero-order valence-electron chi connectivity index (χ0n) is 5.52. The van der Waals surface area contributed by atoms with Crippen LogP contribution < -0.4 is 5.73 Å². The first-order chi connectivity index (χ1) is 3.85. The van der Waals surface area contributed by atoms with Crippen molar-refractivity contribution in [3.8, 4) is 0 Å². The van der Waals surface area contributed by atoms with Gasteiger partial charge in [0.05, 0.1) is 0 Å². The van der Waals surface area contributed by atoms with Gasteiger partial charge in [-0.1, -0.05) is 19.1 Å². The predicted octanol–water partition coefficient (Wildman–Crippen LogP) is 1.82. The van der Waals surface area contributed by atoms with Crippen LogP contribution in [0.15, 0.2) is 23.9 Å². The summed E-state index contributed by atoms with van der Waals surface area (Å²) in [7, 11) is 0. The van der Waals surface area contributed by atoms with E-state index in [0.717, 1.165) is 6.42 Å². The topological polar surface area (TPSA) is 26.0 Å². The quantitative estimate of drug-likeness (QED) is 0.540. The molecule has 0 saturated heterocycles. The van der Waals surface area contributed by atoms with Crippen molar-refractivity contribution in [2.75, 3.05) is 0 Å². The van der Waals surface area contributed by atoms with E-state index in [1.807, 2.05) is 19.1 Å². The third-order valence-corrected chi connectivity index (χ3v) is 1.00. The molecule has 0 fully saturated rings. The summed E-state index contributed by atoms with van der Waals surface area (Å²) in [5.74, 6) is 0. The second-order valence-electron chi connectivity index (χ2n) is 1.60. The lowest BCUT2D eigenvalue weighted by atomic mass is 10.2. The van der Waals surface area contributed by atoms with Gasteiger partial charge in [-0.2, -0.15) is 0 Å². The summed E-state index contributed by atoms with van der Waals surface area (Å²) in [6, 6.07) is 0. The van der Waals surface area contributed by atoms with Crippen molar-refractivity contribution in [1.29, 1.82) is 0 Å². The molecule has 0 spiro atoms. The van der Waals surface area contributed by atoms with Crippen LogP contribution in [0.3, 0.4) is 0 Å². The average molecular weight is 111 g/mol. The molecule has 8 heavy (non-hydrogen) atoms. The molecule has 0 aromatic rings. The van der Waals surface area contributed by atoms with Gasteiger partial charge in [0.2, 0.25) is 0 Å². The van der Waals surface area contributed by atoms with E-state index in [9.17, 15) is 0 Å². The van der Waals surface area contributed by atoms with Gasteiger partial charge in [-0.15, -0.1) is 0 Å². The number of nitrogens with two attached hydrogens (primary N) is 1. The lowest BCUT2D eigenvalue weighted by Crippen LogP contribution is -1.82. The lowest BCUT2D eigenvalue weighted by Gasteiger charge is -1.89. The van der Waals surface area contributed by atoms with Crippen LogP contribution in [-0.2, 0) is 0 Å². The van der Waals surface area contributed by atoms with Crippen molar-refractivity contribution < 1.29 is 0 Å². The highest BCUT2D eigenvalue weighted by Gasteiger charge is 1.80. The maximum Gasteiger partial charge on any atom is -0.00299 e. The fourth-order valence-electron chi connectivity index (χ4n) is 0.505. The molecule has 0 atom stereocenters. The summed E-state index contributed by atoms with van der Waals surface area (Å²) in [4.78, 5) is 0. The van der Waals surface area contributed by atoms with Crippen molar-refractivity contribution in [2.24, 2.45) is 5.73 Å². The molecular weight excluding hydrogens is 98.1 g/mol. The Balaban J connectivity index is 3.72. The lowest BCUT2D eigenvalue weighted by molar-refractivity contribution is 1.13. The standard InChI is InChI=1S/C7H13N/c1-3-5-7(4-2)6-8/h3,5-6H,4,8H2,1-2H3/b5-3-,7-6+. The Kier molecular flexibility index (Phi) is 4.04. The van der Waals surface area contributed by atoms with Gasteiger partial charge in [-0.05, 0) is 25.1 Å². The zero-order chi connectivity index (χ0) is 6.41. The van der Waals surface area contributed by atoms with Crippen LogP contribution >= 0.6 is 0 Å². The van der Waals surface area contributed by atoms with Crippen molar-refractivity contribution in [3.63, 3.8) is 0 Å². The molecule has 1 heteroatoms. The number of hydrogen-bond acceptors (Lipinski definition) is 1. The van der Waals surface area contributed by atoms with Gasteiger partial charge in [0.15, 0.2) is 0 Å². The van der Waals surface area contributed by atoms with Gasteiger partial charge in [-0.25, -0.2) is 0 Å². The molecule has 2 N–H and O–H groups in total. The second kappa shape index (κ2) is 4.44. The highest BCUT2D eigenvalue weighted by Crippen LogP contribution is 1.98. The van der Waals surface area contributed by atoms with E-state index in [2.05, 4.69) is 6.92 Å². The van der Waals surface area contributed by atoms with E-state index in [0.29, 0.717) is 0 Å². The number of allylic oxidation sites excluding steroid dienone is 3. The van der Waals surface area contributed by atoms with Crippen molar-refractivity contribution in [3.05, 3.63) is 23.9 Å². The molecule has 0 aromatic carbocycles. The first-order valence-electron chi connectivity index (χ1n) is 2.88. The van der Waals surface area contributed by atoms with Crippen LogP contribution in [0.5, 0.6) is 0 Å². The summed E-state index contributed by atoms with van der Waals surface area (Å²) in [5, 5.41) is 0. The van der Waals surface area contributed by atoms with Crippen LogP contribution in [-0.4, -0.2) is 0 Å². The highest BCUT2D eigenvalue weighted by molar-refractivity contribution is 5.15. The fourth-order valence-corrected chi connectivity index (χ4v) is 0.505. The Hall–Kier alpha value is -0.720. The normalized spacial score (nSPS) is 13.0.